The van der Waals surface area contributed by atoms with Gasteiger partial charge in [-0.1, -0.05) is 12.1 Å². The molecule has 0 aliphatic carbocycles. The van der Waals surface area contributed by atoms with Crippen molar-refractivity contribution in [1.82, 2.24) is 25.0 Å². The van der Waals surface area contributed by atoms with Gasteiger partial charge in [-0.05, 0) is 50.5 Å². The average Bonchev–Trinajstić information content (AvgIpc) is 3.45. The summed E-state index contributed by atoms with van der Waals surface area (Å²) in [5.41, 5.74) is 2.99. The number of nitrogens with one attached hydrogen (secondary N) is 1. The summed E-state index contributed by atoms with van der Waals surface area (Å²) in [6.07, 6.45) is 5.07. The van der Waals surface area contributed by atoms with E-state index in [0.717, 1.165) is 42.4 Å². The fourth-order valence-corrected chi connectivity index (χ4v) is 4.34. The number of aromatic nitrogens is 5. The van der Waals surface area contributed by atoms with Crippen molar-refractivity contribution in [2.24, 2.45) is 0 Å². The summed E-state index contributed by atoms with van der Waals surface area (Å²) in [6, 6.07) is 8.66. The topological polar surface area (TPSA) is 62.6 Å². The van der Waals surface area contributed by atoms with Gasteiger partial charge in [0.15, 0.2) is 11.6 Å². The van der Waals surface area contributed by atoms with E-state index in [1.54, 1.807) is 17.2 Å². The van der Waals surface area contributed by atoms with Crippen molar-refractivity contribution < 1.29 is 8.78 Å². The molecule has 1 aliphatic rings. The van der Waals surface area contributed by atoms with Crippen LogP contribution >= 0.6 is 0 Å². The summed E-state index contributed by atoms with van der Waals surface area (Å²) in [7, 11) is 0. The van der Waals surface area contributed by atoms with Crippen LogP contribution in [0.3, 0.4) is 0 Å². The van der Waals surface area contributed by atoms with E-state index >= 15 is 0 Å². The number of imidazole rings is 1. The van der Waals surface area contributed by atoms with Crippen LogP contribution in [-0.2, 0) is 5.54 Å². The first-order valence-corrected chi connectivity index (χ1v) is 9.57. The fraction of sp³-hybridized carbons (Fsp3) is 0.286. The van der Waals surface area contributed by atoms with Crippen molar-refractivity contribution in [2.45, 2.75) is 32.2 Å². The summed E-state index contributed by atoms with van der Waals surface area (Å²) in [5, 5.41) is 8.60. The lowest BCUT2D eigenvalue weighted by Crippen LogP contribution is -2.40. The Labute approximate surface area is 166 Å². The van der Waals surface area contributed by atoms with Crippen LogP contribution in [0, 0.1) is 18.6 Å². The standard InChI is InChI=1S/C21H20F2N6/c1-13-5-3-6-16(29-24-10-11-25-29)19(13)28-12-4-9-21(28,2)20-26-15-8-7-14(22)17(23)18(15)27-20/h3,5-8,10-11H,4,9,12H2,1-2H3,(H,26,27)/t21-/m0/s1. The van der Waals surface area contributed by atoms with Crippen molar-refractivity contribution in [3.63, 3.8) is 0 Å². The van der Waals surface area contributed by atoms with Gasteiger partial charge in [0.25, 0.3) is 0 Å². The highest BCUT2D eigenvalue weighted by atomic mass is 19.2. The minimum absolute atomic E-state index is 0.0341. The predicted molar refractivity (Wildman–Crippen MR) is 106 cm³/mol. The lowest BCUT2D eigenvalue weighted by Gasteiger charge is -2.37. The summed E-state index contributed by atoms with van der Waals surface area (Å²) in [4.78, 5) is 11.6. The number of hydrogen-bond donors (Lipinski definition) is 1. The van der Waals surface area contributed by atoms with Crippen LogP contribution in [0.4, 0.5) is 14.5 Å². The van der Waals surface area contributed by atoms with Gasteiger partial charge in [-0.15, -0.1) is 4.80 Å². The number of rotatable bonds is 3. The molecule has 0 amide bonds. The monoisotopic (exact) mass is 394 g/mol. The van der Waals surface area contributed by atoms with Gasteiger partial charge in [-0.25, -0.2) is 13.8 Å². The van der Waals surface area contributed by atoms with Gasteiger partial charge in [-0.3, -0.25) is 0 Å². The van der Waals surface area contributed by atoms with E-state index in [-0.39, 0.29) is 5.52 Å². The second-order valence-corrected chi connectivity index (χ2v) is 7.63. The molecule has 0 saturated carbocycles. The molecule has 0 radical (unpaired) electrons. The van der Waals surface area contributed by atoms with Crippen molar-refractivity contribution in [3.05, 3.63) is 65.7 Å². The molecule has 0 unspecified atom stereocenters. The second-order valence-electron chi connectivity index (χ2n) is 7.63. The Morgan fingerprint density at radius 1 is 1.10 bits per heavy atom. The van der Waals surface area contributed by atoms with Crippen LogP contribution in [0.25, 0.3) is 16.7 Å². The molecule has 0 bridgehead atoms. The molecular weight excluding hydrogens is 374 g/mol. The Balaban J connectivity index is 1.67. The molecule has 1 fully saturated rings. The largest absolute Gasteiger partial charge is 0.357 e. The second kappa shape index (κ2) is 6.37. The van der Waals surface area contributed by atoms with Crippen LogP contribution in [0.2, 0.25) is 0 Å². The third-order valence-electron chi connectivity index (χ3n) is 5.82. The lowest BCUT2D eigenvalue weighted by molar-refractivity contribution is 0.464. The maximum absolute atomic E-state index is 14.3. The number of fused-ring (bicyclic) bond motifs is 1. The summed E-state index contributed by atoms with van der Waals surface area (Å²) < 4.78 is 27.9. The summed E-state index contributed by atoms with van der Waals surface area (Å²) in [6.45, 7) is 4.94. The SMILES string of the molecule is Cc1cccc(-n2nccn2)c1N1CCC[C@@]1(C)c1nc2c(F)c(F)ccc2[nH]1. The molecule has 3 heterocycles. The van der Waals surface area contributed by atoms with Gasteiger partial charge in [0.05, 0.1) is 29.1 Å². The van der Waals surface area contributed by atoms with Crippen LogP contribution in [0.5, 0.6) is 0 Å². The molecule has 2 aromatic heterocycles. The minimum Gasteiger partial charge on any atom is -0.357 e. The number of aryl methyl sites for hydroxylation is 1. The number of H-pyrrole nitrogens is 1. The van der Waals surface area contributed by atoms with Crippen molar-refractivity contribution in [2.75, 3.05) is 11.4 Å². The minimum atomic E-state index is -0.921. The number of anilines is 1. The van der Waals surface area contributed by atoms with Crippen LogP contribution < -0.4 is 4.90 Å². The first-order chi connectivity index (χ1) is 14.0. The number of halogens is 2. The highest BCUT2D eigenvalue weighted by molar-refractivity contribution is 5.77. The molecule has 1 N–H and O–H groups in total. The highest BCUT2D eigenvalue weighted by Gasteiger charge is 2.42. The van der Waals surface area contributed by atoms with E-state index in [9.17, 15) is 8.78 Å². The maximum atomic E-state index is 14.3. The van der Waals surface area contributed by atoms with Gasteiger partial charge in [0.2, 0.25) is 0 Å². The van der Waals surface area contributed by atoms with Crippen molar-refractivity contribution >= 4 is 16.7 Å². The average molecular weight is 394 g/mol. The number of hydrogen-bond acceptors (Lipinski definition) is 4. The molecule has 4 aromatic rings. The highest BCUT2D eigenvalue weighted by Crippen LogP contribution is 2.44. The first-order valence-electron chi connectivity index (χ1n) is 9.57. The number of para-hydroxylation sites is 1. The molecule has 6 nitrogen and oxygen atoms in total. The van der Waals surface area contributed by atoms with Gasteiger partial charge in [-0.2, -0.15) is 10.2 Å². The molecule has 2 aromatic carbocycles. The Morgan fingerprint density at radius 3 is 2.69 bits per heavy atom. The zero-order chi connectivity index (χ0) is 20.2. The molecule has 1 atom stereocenters. The first kappa shape index (κ1) is 17.8. The van der Waals surface area contributed by atoms with E-state index in [1.807, 2.05) is 12.1 Å². The third kappa shape index (κ3) is 2.62. The fourth-order valence-electron chi connectivity index (χ4n) is 4.34. The Hall–Kier alpha value is -3.29. The zero-order valence-corrected chi connectivity index (χ0v) is 16.2. The van der Waals surface area contributed by atoms with E-state index in [4.69, 9.17) is 0 Å². The molecule has 1 saturated heterocycles. The van der Waals surface area contributed by atoms with Crippen LogP contribution in [0.1, 0.15) is 31.2 Å². The van der Waals surface area contributed by atoms with Crippen LogP contribution in [-0.4, -0.2) is 31.5 Å². The third-order valence-corrected chi connectivity index (χ3v) is 5.82. The Kier molecular flexibility index (Phi) is 3.90. The molecule has 5 rings (SSSR count). The smallest absolute Gasteiger partial charge is 0.186 e. The molecule has 8 heteroatoms. The van der Waals surface area contributed by atoms with Gasteiger partial charge in [0, 0.05) is 6.54 Å². The molecule has 29 heavy (non-hydrogen) atoms. The number of benzene rings is 2. The predicted octanol–water partition coefficient (Wildman–Crippen LogP) is 4.25. The van der Waals surface area contributed by atoms with Gasteiger partial charge < -0.3 is 9.88 Å². The summed E-state index contributed by atoms with van der Waals surface area (Å²) >= 11 is 0. The Morgan fingerprint density at radius 2 is 1.90 bits per heavy atom. The molecular formula is C21H20F2N6. The van der Waals surface area contributed by atoms with Crippen molar-refractivity contribution in [1.29, 1.82) is 0 Å². The van der Waals surface area contributed by atoms with Crippen LogP contribution in [0.15, 0.2) is 42.7 Å². The zero-order valence-electron chi connectivity index (χ0n) is 16.2. The van der Waals surface area contributed by atoms with E-state index in [2.05, 4.69) is 45.0 Å². The van der Waals surface area contributed by atoms with E-state index in [1.165, 1.54) is 6.07 Å². The normalized spacial score (nSPS) is 19.4. The lowest BCUT2D eigenvalue weighted by atomic mass is 9.96. The van der Waals surface area contributed by atoms with E-state index < -0.39 is 17.2 Å². The maximum Gasteiger partial charge on any atom is 0.186 e. The number of aromatic amines is 1. The van der Waals surface area contributed by atoms with Gasteiger partial charge >= 0.3 is 0 Å². The summed E-state index contributed by atoms with van der Waals surface area (Å²) in [5.74, 6) is -1.19. The molecule has 1 aliphatic heterocycles. The Bertz CT molecular complexity index is 1200. The van der Waals surface area contributed by atoms with Crippen molar-refractivity contribution in [3.8, 4) is 5.69 Å². The molecule has 148 valence electrons. The number of nitrogens with zero attached hydrogens (tertiary/aromatic N) is 5. The molecule has 0 spiro atoms. The quantitative estimate of drug-likeness (QED) is 0.564. The van der Waals surface area contributed by atoms with E-state index in [0.29, 0.717) is 11.3 Å². The van der Waals surface area contributed by atoms with Gasteiger partial charge in [0.1, 0.15) is 17.0 Å².